The highest BCUT2D eigenvalue weighted by Gasteiger charge is 2.12. The van der Waals surface area contributed by atoms with Gasteiger partial charge in [0.05, 0.1) is 11.3 Å². The van der Waals surface area contributed by atoms with Gasteiger partial charge in [-0.2, -0.15) is 0 Å². The number of aryl methyl sites for hydroxylation is 1. The number of amides is 1. The lowest BCUT2D eigenvalue weighted by atomic mass is 10.1. The molecular formula is C14H12F2N2O. The zero-order valence-corrected chi connectivity index (χ0v) is 10.2. The van der Waals surface area contributed by atoms with Crippen LogP contribution in [0.25, 0.3) is 0 Å². The lowest BCUT2D eigenvalue weighted by Gasteiger charge is -2.07. The Balaban J connectivity index is 2.25. The molecule has 0 radical (unpaired) electrons. The summed E-state index contributed by atoms with van der Waals surface area (Å²) in [5, 5.41) is 2.42. The molecule has 1 amide bonds. The third kappa shape index (κ3) is 2.88. The normalized spacial score (nSPS) is 10.3. The van der Waals surface area contributed by atoms with Gasteiger partial charge in [-0.05, 0) is 37.3 Å². The smallest absolute Gasteiger partial charge is 0.258 e. The highest BCUT2D eigenvalue weighted by molar-refractivity contribution is 6.04. The minimum atomic E-state index is -0.637. The van der Waals surface area contributed by atoms with Crippen molar-refractivity contribution in [2.45, 2.75) is 6.92 Å². The van der Waals surface area contributed by atoms with Crippen LogP contribution in [-0.2, 0) is 0 Å². The molecule has 0 atom stereocenters. The van der Waals surface area contributed by atoms with Gasteiger partial charge in [0, 0.05) is 5.69 Å². The maximum atomic E-state index is 13.5. The van der Waals surface area contributed by atoms with E-state index in [0.717, 1.165) is 11.6 Å². The molecule has 0 saturated carbocycles. The number of hydrogen-bond acceptors (Lipinski definition) is 2. The molecule has 3 N–H and O–H groups in total. The molecule has 0 aliphatic rings. The largest absolute Gasteiger partial charge is 0.396 e. The maximum absolute atomic E-state index is 13.5. The Kier molecular flexibility index (Phi) is 3.46. The summed E-state index contributed by atoms with van der Waals surface area (Å²) in [6.45, 7) is 1.75. The fourth-order valence-electron chi connectivity index (χ4n) is 1.62. The average Bonchev–Trinajstić information content (AvgIpc) is 2.36. The molecule has 0 heterocycles. The summed E-state index contributed by atoms with van der Waals surface area (Å²) in [5.41, 5.74) is 6.21. The summed E-state index contributed by atoms with van der Waals surface area (Å²) in [4.78, 5) is 11.9. The van der Waals surface area contributed by atoms with Crippen LogP contribution in [-0.4, -0.2) is 5.91 Å². The van der Waals surface area contributed by atoms with Crippen LogP contribution < -0.4 is 11.1 Å². The number of carbonyl (C=O) groups excluding carboxylic acids is 1. The molecule has 0 aromatic heterocycles. The lowest BCUT2D eigenvalue weighted by molar-refractivity contribution is 0.102. The van der Waals surface area contributed by atoms with Crippen LogP contribution in [0.2, 0.25) is 0 Å². The first kappa shape index (κ1) is 13.0. The van der Waals surface area contributed by atoms with E-state index in [4.69, 9.17) is 5.73 Å². The van der Waals surface area contributed by atoms with Gasteiger partial charge in [0.1, 0.15) is 11.6 Å². The minimum Gasteiger partial charge on any atom is -0.396 e. The van der Waals surface area contributed by atoms with E-state index in [9.17, 15) is 13.6 Å². The number of nitrogens with one attached hydrogen (secondary N) is 1. The van der Waals surface area contributed by atoms with Crippen molar-refractivity contribution in [3.63, 3.8) is 0 Å². The molecule has 2 aromatic carbocycles. The Morgan fingerprint density at radius 2 is 1.84 bits per heavy atom. The van der Waals surface area contributed by atoms with Gasteiger partial charge >= 0.3 is 0 Å². The first-order chi connectivity index (χ1) is 8.97. The molecule has 2 aromatic rings. The second-order valence-corrected chi connectivity index (χ2v) is 4.17. The Morgan fingerprint density at radius 3 is 2.53 bits per heavy atom. The van der Waals surface area contributed by atoms with Gasteiger partial charge in [-0.15, -0.1) is 0 Å². The lowest BCUT2D eigenvalue weighted by Crippen LogP contribution is -2.14. The molecule has 0 fully saturated rings. The Bertz CT molecular complexity index is 641. The van der Waals surface area contributed by atoms with Gasteiger partial charge in [0.25, 0.3) is 5.91 Å². The monoisotopic (exact) mass is 262 g/mol. The van der Waals surface area contributed by atoms with Gasteiger partial charge < -0.3 is 11.1 Å². The summed E-state index contributed by atoms with van der Waals surface area (Å²) >= 11 is 0. The van der Waals surface area contributed by atoms with Gasteiger partial charge in [0.2, 0.25) is 0 Å². The molecule has 0 aliphatic heterocycles. The van der Waals surface area contributed by atoms with E-state index in [2.05, 4.69) is 5.32 Å². The number of nitrogen functional groups attached to an aromatic ring is 1. The van der Waals surface area contributed by atoms with E-state index in [-0.39, 0.29) is 16.9 Å². The molecule has 19 heavy (non-hydrogen) atoms. The highest BCUT2D eigenvalue weighted by Crippen LogP contribution is 2.18. The number of hydrogen-bond donors (Lipinski definition) is 2. The van der Waals surface area contributed by atoms with Crippen LogP contribution in [0.4, 0.5) is 20.2 Å². The molecule has 0 aliphatic carbocycles. The van der Waals surface area contributed by atoms with E-state index in [1.54, 1.807) is 13.0 Å². The van der Waals surface area contributed by atoms with Crippen molar-refractivity contribution in [3.05, 3.63) is 59.2 Å². The number of anilines is 2. The Labute approximate surface area is 109 Å². The molecule has 0 spiro atoms. The predicted molar refractivity (Wildman–Crippen MR) is 69.9 cm³/mol. The van der Waals surface area contributed by atoms with Gasteiger partial charge in [-0.3, -0.25) is 4.79 Å². The minimum absolute atomic E-state index is 0.0141. The van der Waals surface area contributed by atoms with Crippen molar-refractivity contribution in [1.29, 1.82) is 0 Å². The molecule has 2 rings (SSSR count). The van der Waals surface area contributed by atoms with E-state index in [1.807, 2.05) is 0 Å². The van der Waals surface area contributed by atoms with E-state index < -0.39 is 17.5 Å². The molecule has 0 saturated heterocycles. The maximum Gasteiger partial charge on any atom is 0.258 e. The van der Waals surface area contributed by atoms with Gasteiger partial charge in [-0.1, -0.05) is 11.6 Å². The fraction of sp³-hybridized carbons (Fsp3) is 0.0714. The Morgan fingerprint density at radius 1 is 1.11 bits per heavy atom. The van der Waals surface area contributed by atoms with E-state index in [1.165, 1.54) is 24.3 Å². The third-order valence-corrected chi connectivity index (χ3v) is 2.62. The summed E-state index contributed by atoms with van der Waals surface area (Å²) in [6.07, 6.45) is 0. The summed E-state index contributed by atoms with van der Waals surface area (Å²) < 4.78 is 26.7. The zero-order chi connectivity index (χ0) is 14.0. The first-order valence-electron chi connectivity index (χ1n) is 5.60. The van der Waals surface area contributed by atoms with Crippen molar-refractivity contribution < 1.29 is 13.6 Å². The average molecular weight is 262 g/mol. The summed E-state index contributed by atoms with van der Waals surface area (Å²) in [6, 6.07) is 8.07. The van der Waals surface area contributed by atoms with Crippen molar-refractivity contribution >= 4 is 17.3 Å². The summed E-state index contributed by atoms with van der Waals surface area (Å²) in [7, 11) is 0. The van der Waals surface area contributed by atoms with Crippen LogP contribution in [0.3, 0.4) is 0 Å². The van der Waals surface area contributed by atoms with Crippen molar-refractivity contribution in [3.8, 4) is 0 Å². The van der Waals surface area contributed by atoms with Gasteiger partial charge in [0.15, 0.2) is 0 Å². The van der Waals surface area contributed by atoms with Crippen LogP contribution in [0.5, 0.6) is 0 Å². The van der Waals surface area contributed by atoms with Crippen LogP contribution >= 0.6 is 0 Å². The number of carbonyl (C=O) groups is 1. The van der Waals surface area contributed by atoms with Crippen LogP contribution in [0, 0.1) is 18.6 Å². The van der Waals surface area contributed by atoms with Crippen LogP contribution in [0.1, 0.15) is 15.9 Å². The number of halogens is 2. The number of nitrogens with two attached hydrogens (primary N) is 1. The molecular weight excluding hydrogens is 250 g/mol. The molecule has 98 valence electrons. The zero-order valence-electron chi connectivity index (χ0n) is 10.2. The van der Waals surface area contributed by atoms with Gasteiger partial charge in [-0.25, -0.2) is 8.78 Å². The summed E-state index contributed by atoms with van der Waals surface area (Å²) in [5.74, 6) is -1.90. The first-order valence-corrected chi connectivity index (χ1v) is 5.60. The van der Waals surface area contributed by atoms with Crippen molar-refractivity contribution in [2.75, 3.05) is 11.1 Å². The van der Waals surface area contributed by atoms with E-state index in [0.29, 0.717) is 0 Å². The number of benzene rings is 2. The Hall–Kier alpha value is -2.43. The predicted octanol–water partition coefficient (Wildman–Crippen LogP) is 3.11. The molecule has 0 unspecified atom stereocenters. The van der Waals surface area contributed by atoms with Crippen molar-refractivity contribution in [2.24, 2.45) is 0 Å². The number of rotatable bonds is 2. The topological polar surface area (TPSA) is 55.1 Å². The molecule has 0 bridgehead atoms. The second-order valence-electron chi connectivity index (χ2n) is 4.17. The molecule has 5 heteroatoms. The SMILES string of the molecule is Cc1ccc(F)c(C(=O)Nc2ccc(N)c(F)c2)c1. The van der Waals surface area contributed by atoms with E-state index >= 15 is 0 Å². The standard InChI is InChI=1S/C14H12F2N2O/c1-8-2-4-11(15)10(6-8)14(19)18-9-3-5-13(17)12(16)7-9/h2-7H,17H2,1H3,(H,18,19). The molecule has 3 nitrogen and oxygen atoms in total. The second kappa shape index (κ2) is 5.06. The quantitative estimate of drug-likeness (QED) is 0.817. The van der Waals surface area contributed by atoms with Crippen molar-refractivity contribution in [1.82, 2.24) is 0 Å². The third-order valence-electron chi connectivity index (χ3n) is 2.62. The fourth-order valence-corrected chi connectivity index (χ4v) is 1.62. The van der Waals surface area contributed by atoms with Crippen LogP contribution in [0.15, 0.2) is 36.4 Å². The highest BCUT2D eigenvalue weighted by atomic mass is 19.1.